The van der Waals surface area contributed by atoms with Crippen molar-refractivity contribution >= 4 is 91.4 Å². The maximum Gasteiger partial charge on any atom is 0.308 e. The van der Waals surface area contributed by atoms with E-state index in [2.05, 4.69) is 91.1 Å². The number of nitrogens with zero attached hydrogens (tertiary/aromatic N) is 5. The Balaban J connectivity index is 1.11. The number of carbonyl (C=O) groups excluding carboxylic acids is 8. The molecule has 0 spiro atoms. The molecule has 15 rings (SSSR count). The second-order valence-electron chi connectivity index (χ2n) is 32.7. The lowest BCUT2D eigenvalue weighted by molar-refractivity contribution is -0.586. The van der Waals surface area contributed by atoms with E-state index >= 15 is 0 Å². The zero-order valence-corrected chi connectivity index (χ0v) is 62.9. The SMILES string of the molecule is CC(C)C(=O)OC1CCC(OC(=O)C(C)C)C2=CC3c4cc5c6cc7c(cc6c6cc8n9c(cc%10c%11cc%12c(cc%11c(cc(n4)C3C=C21)n%10n9[n+]56)C(OC(=O)C(C)C)CCC%12OC(=O)C(C)C)C1C=C2C(=CC81)C(OC(=O)C(C)C)CCC2OC(=O)C(C)C)C(OC(=O)C(C)C)CCC7OC(=O)C(C)C. The van der Waals surface area contributed by atoms with E-state index in [1.165, 1.54) is 0 Å². The number of ether oxygens (including phenoxy) is 8. The van der Waals surface area contributed by atoms with Crippen LogP contribution in [0, 0.1) is 47.3 Å². The molecule has 0 amide bonds. The normalized spacial score (nSPS) is 24.9. The monoisotopic (exact) mass is 1430 g/mol. The minimum Gasteiger partial charge on any atom is -0.457 e. The van der Waals surface area contributed by atoms with Crippen LogP contribution in [-0.2, 0) is 76.3 Å². The molecule has 5 aromatic heterocycles. The van der Waals surface area contributed by atoms with Crippen molar-refractivity contribution in [3.8, 4) is 0 Å². The Bertz CT molecular complexity index is 4760. The first kappa shape index (κ1) is 71.2. The van der Waals surface area contributed by atoms with Gasteiger partial charge >= 0.3 is 47.8 Å². The van der Waals surface area contributed by atoms with Gasteiger partial charge in [0.05, 0.1) is 58.7 Å². The summed E-state index contributed by atoms with van der Waals surface area (Å²) in [6, 6.07) is 17.1. The molecular formula is C84H96N5O16+. The van der Waals surface area contributed by atoms with Gasteiger partial charge in [-0.15, -0.1) is 13.5 Å². The minimum absolute atomic E-state index is 0.347. The van der Waals surface area contributed by atoms with Gasteiger partial charge in [0.1, 0.15) is 82.3 Å². The van der Waals surface area contributed by atoms with Gasteiger partial charge in [0, 0.05) is 96.5 Å². The summed E-state index contributed by atoms with van der Waals surface area (Å²) in [6.07, 6.45) is 6.38. The van der Waals surface area contributed by atoms with Crippen LogP contribution in [0.4, 0.5) is 0 Å². The van der Waals surface area contributed by atoms with Crippen molar-refractivity contribution < 1.29 is 80.8 Å². The predicted octanol–water partition coefficient (Wildman–Crippen LogP) is 14.9. The molecule has 552 valence electrons. The van der Waals surface area contributed by atoms with Gasteiger partial charge in [-0.3, -0.25) is 43.3 Å². The molecule has 21 nitrogen and oxygen atoms in total. The first-order valence-electron chi connectivity index (χ1n) is 38.1. The smallest absolute Gasteiger partial charge is 0.308 e. The van der Waals surface area contributed by atoms with Crippen LogP contribution in [0.1, 0.15) is 255 Å². The summed E-state index contributed by atoms with van der Waals surface area (Å²) >= 11 is 0. The molecule has 2 aliphatic heterocycles. The van der Waals surface area contributed by atoms with Crippen LogP contribution in [0.3, 0.4) is 0 Å². The molecule has 0 radical (unpaired) electrons. The summed E-state index contributed by atoms with van der Waals surface area (Å²) in [4.78, 5) is 117. The molecule has 2 saturated carbocycles. The number of benzene rings is 2. The topological polar surface area (TPSA) is 241 Å². The van der Waals surface area contributed by atoms with Gasteiger partial charge in [0.2, 0.25) is 0 Å². The molecule has 0 N–H and O–H groups in total. The van der Waals surface area contributed by atoms with E-state index < -0.39 is 120 Å². The van der Waals surface area contributed by atoms with Crippen LogP contribution in [0.25, 0.3) is 43.6 Å². The molecule has 0 saturated heterocycles. The molecule has 21 heteroatoms. The lowest BCUT2D eigenvalue weighted by Crippen LogP contribution is -2.39. The zero-order valence-electron chi connectivity index (χ0n) is 62.9. The number of aromatic nitrogens is 5. The fraction of sp³-hybridized carbons (Fsp3) is 0.524. The molecule has 2 aromatic carbocycles. The molecule has 7 aromatic rings. The van der Waals surface area contributed by atoms with E-state index in [0.29, 0.717) is 96.0 Å². The van der Waals surface area contributed by atoms with Crippen LogP contribution in [0.5, 0.6) is 0 Å². The molecule has 12 unspecified atom stereocenters. The highest BCUT2D eigenvalue weighted by Crippen LogP contribution is 2.55. The van der Waals surface area contributed by atoms with Crippen LogP contribution in [0.15, 0.2) is 95.1 Å². The second-order valence-corrected chi connectivity index (χ2v) is 32.7. The summed E-state index contributed by atoms with van der Waals surface area (Å²) < 4.78 is 60.5. The van der Waals surface area contributed by atoms with E-state index in [9.17, 15) is 38.4 Å². The molecule has 105 heavy (non-hydrogen) atoms. The first-order valence-corrected chi connectivity index (χ1v) is 38.1. The Labute approximate surface area is 610 Å². The largest absolute Gasteiger partial charge is 0.457 e. The number of hydrogen-bond donors (Lipinski definition) is 0. The Hall–Kier alpha value is -9.40. The first-order chi connectivity index (χ1) is 49.9. The summed E-state index contributed by atoms with van der Waals surface area (Å²) in [7, 11) is 0. The van der Waals surface area contributed by atoms with E-state index in [4.69, 9.17) is 42.9 Å². The van der Waals surface area contributed by atoms with Gasteiger partial charge in [0.15, 0.2) is 0 Å². The van der Waals surface area contributed by atoms with Crippen LogP contribution >= 0.6 is 0 Å². The maximum absolute atomic E-state index is 13.9. The summed E-state index contributed by atoms with van der Waals surface area (Å²) in [5, 5.41) is 3.09. The number of fused-ring (bicyclic) bond motifs is 18. The fourth-order valence-corrected chi connectivity index (χ4v) is 16.7. The third-order valence-corrected chi connectivity index (χ3v) is 22.5. The van der Waals surface area contributed by atoms with Crippen molar-refractivity contribution in [2.75, 3.05) is 0 Å². The standard InChI is InChI=1S/C84H96N5O16/c1-37(2)77(90)98-69-17-18-70(99-78(91)38(3)4)54-26-46-45(25-53(54)69)61-33-63-47-27-55-57(73(102-81(94)41(9)10)21-19-71(55)100-79(92)39(5)6)29-49(47)65-35-67-51-31-59-60(76(105-84(97)44(15)16)24-23-75(59)104-83(96)43(13)14)32-52(51)68-36-66-50-30-58-56(72(101-80(93)40(7)8)20-22-74(58)103-82(95)42(11)12)28-48(50)64(34-62(46)85-61)87(66)89(86(63)65)88(67)68/h25-46,51-52,69-76H,17-24H2,1-16H3/q+1. The molecular weight excluding hydrogens is 1330 g/mol. The molecule has 7 heterocycles. The van der Waals surface area contributed by atoms with Gasteiger partial charge < -0.3 is 37.9 Å². The predicted molar refractivity (Wildman–Crippen MR) is 388 cm³/mol. The molecule has 8 aliphatic rings. The van der Waals surface area contributed by atoms with Crippen molar-refractivity contribution in [3.63, 3.8) is 0 Å². The number of rotatable bonds is 16. The molecule has 2 fully saturated rings. The quantitative estimate of drug-likeness (QED) is 0.0496. The summed E-state index contributed by atoms with van der Waals surface area (Å²) in [6.45, 7) is 28.9. The Morgan fingerprint density at radius 2 is 0.571 bits per heavy atom. The lowest BCUT2D eigenvalue weighted by Gasteiger charge is -2.37. The Morgan fingerprint density at radius 3 is 0.895 bits per heavy atom. The highest BCUT2D eigenvalue weighted by Gasteiger charge is 2.49. The zero-order chi connectivity index (χ0) is 74.5. The van der Waals surface area contributed by atoms with Crippen molar-refractivity contribution in [2.24, 2.45) is 47.3 Å². The van der Waals surface area contributed by atoms with E-state index in [-0.39, 0.29) is 47.8 Å². The maximum atomic E-state index is 13.9. The molecule has 2 bridgehead atoms. The molecule has 12 atom stereocenters. The Morgan fingerprint density at radius 1 is 0.314 bits per heavy atom. The molecule has 6 aliphatic carbocycles. The third-order valence-electron chi connectivity index (χ3n) is 22.5. The van der Waals surface area contributed by atoms with E-state index in [0.717, 1.165) is 66.3 Å². The van der Waals surface area contributed by atoms with E-state index in [1.807, 2.05) is 55.4 Å². The number of hydrogen-bond acceptors (Lipinski definition) is 17. The third kappa shape index (κ3) is 12.1. The summed E-state index contributed by atoms with van der Waals surface area (Å²) in [5.74, 6) is -8.15. The van der Waals surface area contributed by atoms with Gasteiger partial charge in [-0.05, 0) is 97.9 Å². The lowest BCUT2D eigenvalue weighted by atomic mass is 9.73. The number of carbonyl (C=O) groups is 8. The average Bonchev–Trinajstić information content (AvgIpc) is 1.51. The van der Waals surface area contributed by atoms with Gasteiger partial charge in [-0.1, -0.05) is 135 Å². The van der Waals surface area contributed by atoms with Crippen LogP contribution in [-0.4, -0.2) is 90.9 Å². The van der Waals surface area contributed by atoms with Crippen molar-refractivity contribution in [3.05, 3.63) is 140 Å². The fourth-order valence-electron chi connectivity index (χ4n) is 16.7. The van der Waals surface area contributed by atoms with Crippen molar-refractivity contribution in [1.29, 1.82) is 0 Å². The minimum atomic E-state index is -0.717. The Kier molecular flexibility index (Phi) is 18.2. The van der Waals surface area contributed by atoms with Gasteiger partial charge in [-0.25, -0.2) is 0 Å². The second kappa shape index (κ2) is 26.9. The van der Waals surface area contributed by atoms with Gasteiger partial charge in [-0.2, -0.15) is 0 Å². The van der Waals surface area contributed by atoms with Crippen molar-refractivity contribution in [2.45, 2.75) is 235 Å². The average molecular weight is 1430 g/mol. The highest BCUT2D eigenvalue weighted by molar-refractivity contribution is 6.09. The highest BCUT2D eigenvalue weighted by atomic mass is 16.6. The van der Waals surface area contributed by atoms with Crippen LogP contribution in [0.2, 0.25) is 0 Å². The number of allylic oxidation sites excluding steroid dienone is 4. The van der Waals surface area contributed by atoms with Crippen LogP contribution < -0.4 is 4.52 Å². The number of esters is 8. The van der Waals surface area contributed by atoms with Crippen molar-refractivity contribution in [1.82, 2.24) is 18.8 Å². The van der Waals surface area contributed by atoms with E-state index in [1.54, 1.807) is 55.4 Å². The van der Waals surface area contributed by atoms with Gasteiger partial charge in [0.25, 0.3) is 0 Å². The summed E-state index contributed by atoms with van der Waals surface area (Å²) in [5.41, 5.74) is 11.8.